The van der Waals surface area contributed by atoms with Gasteiger partial charge in [0, 0.05) is 20.6 Å². The lowest BCUT2D eigenvalue weighted by molar-refractivity contribution is -0.369. The van der Waals surface area contributed by atoms with Gasteiger partial charge in [-0.05, 0) is 13.8 Å². The lowest BCUT2D eigenvalue weighted by Crippen LogP contribution is -2.65. The van der Waals surface area contributed by atoms with Crippen LogP contribution in [-0.2, 0) is 33.2 Å². The molecule has 0 aromatic rings. The number of hydrogen-bond acceptors (Lipinski definition) is 13. The standard InChI is InChI=1S/C20H36O13/c1-7-16(9(27-3)5-11(22)29-7)32-20-15(26)18(28-4)17(8(2)30-20)33-19-14(25)13(24)12(23)10(6-21)31-19/h7-26H,5-6H2,1-4H3/t7-,8-,9-,10-,11-,12-,13+,14-,15-,16-,17-,18+,19+,20+/m1/s1. The highest BCUT2D eigenvalue weighted by Crippen LogP contribution is 2.33. The van der Waals surface area contributed by atoms with Gasteiger partial charge in [0.05, 0.1) is 24.9 Å². The summed E-state index contributed by atoms with van der Waals surface area (Å²) in [5.74, 6) is 0. The molecule has 0 radical (unpaired) electrons. The Kier molecular flexibility index (Phi) is 9.42. The molecule has 0 saturated carbocycles. The van der Waals surface area contributed by atoms with Gasteiger partial charge in [0.2, 0.25) is 0 Å². The van der Waals surface area contributed by atoms with E-state index in [2.05, 4.69) is 0 Å². The van der Waals surface area contributed by atoms with Gasteiger partial charge in [-0.15, -0.1) is 0 Å². The molecule has 0 amide bonds. The second kappa shape index (κ2) is 11.5. The molecule has 3 aliphatic rings. The van der Waals surface area contributed by atoms with E-state index in [1.807, 2.05) is 0 Å². The van der Waals surface area contributed by atoms with E-state index in [4.69, 9.17) is 33.2 Å². The summed E-state index contributed by atoms with van der Waals surface area (Å²) >= 11 is 0. The lowest BCUT2D eigenvalue weighted by atomic mass is 9.96. The summed E-state index contributed by atoms with van der Waals surface area (Å²) in [5.41, 5.74) is 0. The van der Waals surface area contributed by atoms with E-state index in [0.717, 1.165) is 0 Å². The molecule has 0 unspecified atom stereocenters. The fraction of sp³-hybridized carbons (Fsp3) is 1.00. The molecule has 13 nitrogen and oxygen atoms in total. The summed E-state index contributed by atoms with van der Waals surface area (Å²) in [6.45, 7) is 2.74. The number of rotatable bonds is 7. The third-order valence-electron chi connectivity index (χ3n) is 6.39. The van der Waals surface area contributed by atoms with Crippen molar-refractivity contribution in [2.45, 2.75) is 106 Å². The zero-order valence-electron chi connectivity index (χ0n) is 19.0. The minimum atomic E-state index is -1.62. The van der Waals surface area contributed by atoms with Gasteiger partial charge in [-0.1, -0.05) is 0 Å². The Morgan fingerprint density at radius 2 is 1.30 bits per heavy atom. The molecule has 3 fully saturated rings. The normalized spacial score (nSPS) is 51.5. The minimum Gasteiger partial charge on any atom is -0.394 e. The molecule has 194 valence electrons. The third-order valence-corrected chi connectivity index (χ3v) is 6.39. The van der Waals surface area contributed by atoms with E-state index >= 15 is 0 Å². The molecule has 14 atom stereocenters. The van der Waals surface area contributed by atoms with Crippen LogP contribution in [-0.4, -0.2) is 137 Å². The van der Waals surface area contributed by atoms with Crippen molar-refractivity contribution < 1.29 is 63.8 Å². The maximum Gasteiger partial charge on any atom is 0.187 e. The Bertz CT molecular complexity index is 609. The van der Waals surface area contributed by atoms with E-state index in [1.54, 1.807) is 13.8 Å². The fourth-order valence-corrected chi connectivity index (χ4v) is 4.49. The highest BCUT2D eigenvalue weighted by Gasteiger charge is 2.51. The molecule has 0 bridgehead atoms. The maximum absolute atomic E-state index is 10.9. The van der Waals surface area contributed by atoms with Crippen molar-refractivity contribution in [3.8, 4) is 0 Å². The first-order valence-corrected chi connectivity index (χ1v) is 11.0. The zero-order chi connectivity index (χ0) is 24.4. The first-order chi connectivity index (χ1) is 15.6. The van der Waals surface area contributed by atoms with Gasteiger partial charge in [0.15, 0.2) is 18.9 Å². The van der Waals surface area contributed by atoms with Crippen molar-refractivity contribution in [1.82, 2.24) is 0 Å². The molecule has 6 N–H and O–H groups in total. The average Bonchev–Trinajstić information content (AvgIpc) is 2.78. The number of aliphatic hydroxyl groups excluding tert-OH is 6. The summed E-state index contributed by atoms with van der Waals surface area (Å²) in [6.07, 6.45) is -15.0. The monoisotopic (exact) mass is 484 g/mol. The molecular formula is C20H36O13. The smallest absolute Gasteiger partial charge is 0.187 e. The quantitative estimate of drug-likeness (QED) is 0.213. The van der Waals surface area contributed by atoms with E-state index in [9.17, 15) is 30.6 Å². The average molecular weight is 484 g/mol. The second-order valence-corrected chi connectivity index (χ2v) is 8.60. The van der Waals surface area contributed by atoms with Crippen LogP contribution in [0.4, 0.5) is 0 Å². The Morgan fingerprint density at radius 3 is 1.91 bits per heavy atom. The van der Waals surface area contributed by atoms with E-state index in [1.165, 1.54) is 14.2 Å². The largest absolute Gasteiger partial charge is 0.394 e. The third kappa shape index (κ3) is 5.67. The molecule has 33 heavy (non-hydrogen) atoms. The topological polar surface area (TPSA) is 186 Å². The number of ether oxygens (including phenoxy) is 7. The summed E-state index contributed by atoms with van der Waals surface area (Å²) in [5, 5.41) is 60.3. The molecule has 3 heterocycles. The van der Waals surface area contributed by atoms with Crippen LogP contribution < -0.4 is 0 Å². The van der Waals surface area contributed by atoms with E-state index in [-0.39, 0.29) is 6.42 Å². The van der Waals surface area contributed by atoms with Crippen molar-refractivity contribution >= 4 is 0 Å². The fourth-order valence-electron chi connectivity index (χ4n) is 4.49. The van der Waals surface area contributed by atoms with E-state index in [0.29, 0.717) is 0 Å². The number of aliphatic hydroxyl groups is 6. The number of methoxy groups -OCH3 is 2. The van der Waals surface area contributed by atoms with Crippen molar-refractivity contribution in [3.05, 3.63) is 0 Å². The Hall–Kier alpha value is -0.520. The lowest BCUT2D eigenvalue weighted by Gasteiger charge is -2.48. The van der Waals surface area contributed by atoms with Gasteiger partial charge in [-0.3, -0.25) is 0 Å². The highest BCUT2D eigenvalue weighted by atomic mass is 16.8. The summed E-state index contributed by atoms with van der Waals surface area (Å²) < 4.78 is 39.3. The first-order valence-electron chi connectivity index (χ1n) is 11.0. The van der Waals surface area contributed by atoms with Crippen LogP contribution in [0.15, 0.2) is 0 Å². The molecule has 0 aliphatic carbocycles. The van der Waals surface area contributed by atoms with E-state index < -0.39 is 92.6 Å². The van der Waals surface area contributed by atoms with Crippen molar-refractivity contribution in [2.75, 3.05) is 20.8 Å². The Balaban J connectivity index is 1.70. The minimum absolute atomic E-state index is 0.181. The van der Waals surface area contributed by atoms with Crippen LogP contribution in [0.2, 0.25) is 0 Å². The molecule has 3 rings (SSSR count). The number of hydrogen-bond donors (Lipinski definition) is 6. The van der Waals surface area contributed by atoms with Gasteiger partial charge in [-0.25, -0.2) is 0 Å². The molecule has 0 aromatic carbocycles. The van der Waals surface area contributed by atoms with Crippen LogP contribution in [0.5, 0.6) is 0 Å². The summed E-state index contributed by atoms with van der Waals surface area (Å²) in [4.78, 5) is 0. The van der Waals surface area contributed by atoms with Gasteiger partial charge in [0.1, 0.15) is 48.8 Å². The van der Waals surface area contributed by atoms with Crippen LogP contribution in [0.1, 0.15) is 20.3 Å². The van der Waals surface area contributed by atoms with Gasteiger partial charge in [-0.2, -0.15) is 0 Å². The second-order valence-electron chi connectivity index (χ2n) is 8.60. The predicted octanol–water partition coefficient (Wildman–Crippen LogP) is -3.18. The molecular weight excluding hydrogens is 448 g/mol. The van der Waals surface area contributed by atoms with Gasteiger partial charge >= 0.3 is 0 Å². The summed E-state index contributed by atoms with van der Waals surface area (Å²) in [7, 11) is 2.84. The van der Waals surface area contributed by atoms with Crippen LogP contribution >= 0.6 is 0 Å². The first kappa shape index (κ1) is 27.1. The SMILES string of the molecule is CO[C@H]1[C@@H](O)[C@H](O[C@@H]2[C@@H](C)O[C@@H](O)C[C@H]2OC)O[C@H](C)[C@H]1O[C@@H]1O[C@H](CO)[C@@H](O)[C@H](O)[C@H]1O. The van der Waals surface area contributed by atoms with Crippen molar-refractivity contribution in [3.63, 3.8) is 0 Å². The van der Waals surface area contributed by atoms with Crippen molar-refractivity contribution in [2.24, 2.45) is 0 Å². The summed E-state index contributed by atoms with van der Waals surface area (Å²) in [6, 6.07) is 0. The van der Waals surface area contributed by atoms with Crippen LogP contribution in [0, 0.1) is 0 Å². The highest BCUT2D eigenvalue weighted by molar-refractivity contribution is 4.94. The van der Waals surface area contributed by atoms with Gasteiger partial charge in [0.25, 0.3) is 0 Å². The Morgan fingerprint density at radius 1 is 0.697 bits per heavy atom. The van der Waals surface area contributed by atoms with Crippen molar-refractivity contribution in [1.29, 1.82) is 0 Å². The Labute approximate surface area is 191 Å². The molecule has 13 heteroatoms. The molecule has 3 aliphatic heterocycles. The molecule has 0 aromatic heterocycles. The molecule has 3 saturated heterocycles. The van der Waals surface area contributed by atoms with Gasteiger partial charge < -0.3 is 63.8 Å². The van der Waals surface area contributed by atoms with Crippen LogP contribution in [0.3, 0.4) is 0 Å². The maximum atomic E-state index is 10.9. The van der Waals surface area contributed by atoms with Crippen LogP contribution in [0.25, 0.3) is 0 Å². The zero-order valence-corrected chi connectivity index (χ0v) is 19.0. The molecule has 0 spiro atoms. The predicted molar refractivity (Wildman–Crippen MR) is 107 cm³/mol.